The van der Waals surface area contributed by atoms with Crippen molar-refractivity contribution in [1.82, 2.24) is 9.19 Å². The van der Waals surface area contributed by atoms with Gasteiger partial charge in [0.05, 0.1) is 15.5 Å². The van der Waals surface area contributed by atoms with E-state index in [1.165, 1.54) is 24.3 Å². The second-order valence-corrected chi connectivity index (χ2v) is 7.27. The molecule has 0 bridgehead atoms. The zero-order valence-electron chi connectivity index (χ0n) is 12.5. The van der Waals surface area contributed by atoms with E-state index >= 15 is 0 Å². The Kier molecular flexibility index (Phi) is 4.19. The molecule has 0 aliphatic rings. The smallest absolute Gasteiger partial charge is 0.285 e. The molecular formula is C15H11ClN4O4S. The van der Waals surface area contributed by atoms with Crippen LogP contribution in [0.2, 0.25) is 5.02 Å². The van der Waals surface area contributed by atoms with Crippen LogP contribution in [0.5, 0.6) is 0 Å². The number of halogens is 1. The molecule has 2 N–H and O–H groups in total. The summed E-state index contributed by atoms with van der Waals surface area (Å²) in [7, 11) is -4.17. The number of aromatic nitrogens is 2. The van der Waals surface area contributed by atoms with Gasteiger partial charge in [0.25, 0.3) is 15.7 Å². The van der Waals surface area contributed by atoms with Crippen LogP contribution in [0.3, 0.4) is 0 Å². The minimum atomic E-state index is -4.17. The van der Waals surface area contributed by atoms with Crippen molar-refractivity contribution in [2.75, 3.05) is 5.73 Å². The van der Waals surface area contributed by atoms with E-state index in [9.17, 15) is 18.5 Å². The van der Waals surface area contributed by atoms with Crippen LogP contribution in [0.15, 0.2) is 59.5 Å². The molecule has 0 radical (unpaired) electrons. The predicted molar refractivity (Wildman–Crippen MR) is 92.8 cm³/mol. The SMILES string of the molecule is Nc1cc(-c2ccc(Cl)cc2)nn1S(=O)(=O)c1cccc([N+](=O)[O-])c1. The molecule has 0 saturated heterocycles. The van der Waals surface area contributed by atoms with Gasteiger partial charge in [-0.1, -0.05) is 29.8 Å². The summed E-state index contributed by atoms with van der Waals surface area (Å²) in [6.45, 7) is 0. The van der Waals surface area contributed by atoms with Crippen LogP contribution in [0, 0.1) is 10.1 Å². The number of nitro benzene ring substituents is 1. The molecule has 10 heteroatoms. The van der Waals surface area contributed by atoms with Crippen molar-refractivity contribution in [3.05, 3.63) is 69.7 Å². The molecule has 0 unspecified atom stereocenters. The summed E-state index contributed by atoms with van der Waals surface area (Å²) >= 11 is 5.83. The Morgan fingerprint density at radius 2 is 1.80 bits per heavy atom. The van der Waals surface area contributed by atoms with Crippen LogP contribution in [0.4, 0.5) is 11.5 Å². The molecule has 0 spiro atoms. The lowest BCUT2D eigenvalue weighted by molar-refractivity contribution is -0.385. The standard InChI is InChI=1S/C15H11ClN4O4S/c16-11-6-4-10(5-7-11)14-9-15(17)19(18-14)25(23,24)13-3-1-2-12(8-13)20(21)22/h1-9H,17H2. The minimum Gasteiger partial charge on any atom is -0.383 e. The molecule has 8 nitrogen and oxygen atoms in total. The van der Waals surface area contributed by atoms with Gasteiger partial charge in [-0.2, -0.15) is 13.5 Å². The Bertz CT molecular complexity index is 1060. The van der Waals surface area contributed by atoms with Gasteiger partial charge in [0, 0.05) is 28.8 Å². The number of nitrogens with zero attached hydrogens (tertiary/aromatic N) is 3. The van der Waals surface area contributed by atoms with Crippen molar-refractivity contribution in [3.63, 3.8) is 0 Å². The summed E-state index contributed by atoms with van der Waals surface area (Å²) in [5.41, 5.74) is 6.41. The lowest BCUT2D eigenvalue weighted by Gasteiger charge is -2.06. The average Bonchev–Trinajstić information content (AvgIpc) is 2.98. The molecule has 3 aromatic rings. The number of nitrogens with two attached hydrogens (primary N) is 1. The molecular weight excluding hydrogens is 368 g/mol. The largest absolute Gasteiger partial charge is 0.383 e. The Labute approximate surface area is 147 Å². The number of non-ortho nitro benzene ring substituents is 1. The van der Waals surface area contributed by atoms with Gasteiger partial charge in [-0.05, 0) is 18.2 Å². The summed E-state index contributed by atoms with van der Waals surface area (Å²) in [5.74, 6) is -0.114. The first kappa shape index (κ1) is 16.9. The van der Waals surface area contributed by atoms with E-state index in [0.29, 0.717) is 20.4 Å². The number of nitrogen functional groups attached to an aromatic ring is 1. The van der Waals surface area contributed by atoms with Crippen molar-refractivity contribution in [2.24, 2.45) is 0 Å². The van der Waals surface area contributed by atoms with E-state index in [2.05, 4.69) is 5.10 Å². The van der Waals surface area contributed by atoms with Crippen LogP contribution >= 0.6 is 11.6 Å². The molecule has 128 valence electrons. The Balaban J connectivity index is 2.08. The maximum Gasteiger partial charge on any atom is 0.285 e. The van der Waals surface area contributed by atoms with E-state index in [1.54, 1.807) is 24.3 Å². The van der Waals surface area contributed by atoms with Crippen molar-refractivity contribution in [1.29, 1.82) is 0 Å². The van der Waals surface area contributed by atoms with E-state index in [-0.39, 0.29) is 16.4 Å². The van der Waals surface area contributed by atoms with Gasteiger partial charge in [0.1, 0.15) is 5.82 Å². The summed E-state index contributed by atoms with van der Waals surface area (Å²) in [5, 5.41) is 15.4. The summed E-state index contributed by atoms with van der Waals surface area (Å²) in [6.07, 6.45) is 0. The first-order chi connectivity index (χ1) is 11.8. The zero-order chi connectivity index (χ0) is 18.2. The van der Waals surface area contributed by atoms with Crippen LogP contribution in [0.25, 0.3) is 11.3 Å². The third kappa shape index (κ3) is 3.19. The van der Waals surface area contributed by atoms with Gasteiger partial charge in [0.2, 0.25) is 0 Å². The third-order valence-corrected chi connectivity index (χ3v) is 5.25. The second kappa shape index (κ2) is 6.19. The lowest BCUT2D eigenvalue weighted by atomic mass is 10.1. The second-order valence-electron chi connectivity index (χ2n) is 5.06. The highest BCUT2D eigenvalue weighted by Crippen LogP contribution is 2.26. The highest BCUT2D eigenvalue weighted by molar-refractivity contribution is 7.90. The molecule has 3 rings (SSSR count). The number of nitro groups is 1. The van der Waals surface area contributed by atoms with E-state index < -0.39 is 14.9 Å². The van der Waals surface area contributed by atoms with Gasteiger partial charge < -0.3 is 5.73 Å². The number of anilines is 1. The first-order valence-corrected chi connectivity index (χ1v) is 8.72. The molecule has 0 amide bonds. The van der Waals surface area contributed by atoms with E-state index in [0.717, 1.165) is 6.07 Å². The first-order valence-electron chi connectivity index (χ1n) is 6.90. The van der Waals surface area contributed by atoms with Gasteiger partial charge in [-0.3, -0.25) is 10.1 Å². The molecule has 0 atom stereocenters. The molecule has 25 heavy (non-hydrogen) atoms. The molecule has 0 aliphatic heterocycles. The highest BCUT2D eigenvalue weighted by Gasteiger charge is 2.24. The van der Waals surface area contributed by atoms with Gasteiger partial charge in [-0.15, -0.1) is 4.09 Å². The monoisotopic (exact) mass is 378 g/mol. The maximum absolute atomic E-state index is 12.7. The molecule has 0 fully saturated rings. The molecule has 0 aliphatic carbocycles. The summed E-state index contributed by atoms with van der Waals surface area (Å²) in [4.78, 5) is 9.90. The Morgan fingerprint density at radius 1 is 1.12 bits per heavy atom. The number of rotatable bonds is 4. The topological polar surface area (TPSA) is 121 Å². The van der Waals surface area contributed by atoms with Crippen LogP contribution in [0.1, 0.15) is 0 Å². The van der Waals surface area contributed by atoms with E-state index in [4.69, 9.17) is 17.3 Å². The van der Waals surface area contributed by atoms with Gasteiger partial charge in [-0.25, -0.2) is 0 Å². The molecule has 2 aromatic carbocycles. The normalized spacial score (nSPS) is 11.4. The summed E-state index contributed by atoms with van der Waals surface area (Å²) < 4.78 is 26.1. The quantitative estimate of drug-likeness (QED) is 0.550. The van der Waals surface area contributed by atoms with Gasteiger partial charge in [0.15, 0.2) is 0 Å². The molecule has 1 heterocycles. The van der Waals surface area contributed by atoms with Crippen molar-refractivity contribution < 1.29 is 13.3 Å². The number of hydrogen-bond acceptors (Lipinski definition) is 6. The summed E-state index contributed by atoms with van der Waals surface area (Å²) in [6, 6.07) is 12.7. The fraction of sp³-hybridized carbons (Fsp3) is 0. The lowest BCUT2D eigenvalue weighted by Crippen LogP contribution is -2.17. The predicted octanol–water partition coefficient (Wildman–Crippen LogP) is 2.93. The van der Waals surface area contributed by atoms with Crippen LogP contribution in [-0.4, -0.2) is 22.5 Å². The van der Waals surface area contributed by atoms with Crippen LogP contribution < -0.4 is 5.73 Å². The van der Waals surface area contributed by atoms with E-state index in [1.807, 2.05) is 0 Å². The number of benzene rings is 2. The Hall–Kier alpha value is -2.91. The Morgan fingerprint density at radius 3 is 2.44 bits per heavy atom. The molecule has 0 saturated carbocycles. The highest BCUT2D eigenvalue weighted by atomic mass is 35.5. The third-order valence-electron chi connectivity index (χ3n) is 3.40. The van der Waals surface area contributed by atoms with Gasteiger partial charge >= 0.3 is 0 Å². The minimum absolute atomic E-state index is 0.114. The fourth-order valence-corrected chi connectivity index (χ4v) is 3.56. The maximum atomic E-state index is 12.7. The van der Waals surface area contributed by atoms with Crippen molar-refractivity contribution in [2.45, 2.75) is 4.90 Å². The van der Waals surface area contributed by atoms with Crippen LogP contribution in [-0.2, 0) is 10.0 Å². The molecule has 1 aromatic heterocycles. The number of hydrogen-bond donors (Lipinski definition) is 1. The zero-order valence-corrected chi connectivity index (χ0v) is 14.1. The van der Waals surface area contributed by atoms with Crippen molar-refractivity contribution in [3.8, 4) is 11.3 Å². The fourth-order valence-electron chi connectivity index (χ4n) is 2.19. The van der Waals surface area contributed by atoms with Crippen molar-refractivity contribution >= 4 is 33.1 Å². The average molecular weight is 379 g/mol.